The van der Waals surface area contributed by atoms with Gasteiger partial charge in [0.15, 0.2) is 0 Å². The molecule has 0 nitrogen and oxygen atoms in total. The van der Waals surface area contributed by atoms with Crippen LogP contribution in [0.3, 0.4) is 0 Å². The Labute approximate surface area is 162 Å². The van der Waals surface area contributed by atoms with Gasteiger partial charge in [0, 0.05) is 11.8 Å². The third-order valence-corrected chi connectivity index (χ3v) is 5.21. The van der Waals surface area contributed by atoms with Crippen LogP contribution in [0.15, 0.2) is 115 Å². The molecule has 0 aromatic heterocycles. The summed E-state index contributed by atoms with van der Waals surface area (Å²) in [6.45, 7) is 2.17. The van der Waals surface area contributed by atoms with Gasteiger partial charge in [0.25, 0.3) is 0 Å². The van der Waals surface area contributed by atoms with Crippen molar-refractivity contribution < 1.29 is 0 Å². The van der Waals surface area contributed by atoms with Gasteiger partial charge in [0.2, 0.25) is 0 Å². The number of hydrogen-bond donors (Lipinski definition) is 0. The Bertz CT molecular complexity index is 932. The van der Waals surface area contributed by atoms with Crippen molar-refractivity contribution in [2.45, 2.75) is 18.8 Å². The lowest BCUT2D eigenvalue weighted by Gasteiger charge is -2.29. The van der Waals surface area contributed by atoms with Crippen LogP contribution >= 0.6 is 0 Å². The molecule has 0 saturated heterocycles. The van der Waals surface area contributed by atoms with E-state index in [0.717, 1.165) is 0 Å². The van der Waals surface area contributed by atoms with Crippen LogP contribution < -0.4 is 0 Å². The third kappa shape index (κ3) is 3.85. The molecule has 0 bridgehead atoms. The highest BCUT2D eigenvalue weighted by molar-refractivity contribution is 5.45. The molecule has 0 fully saturated rings. The number of rotatable bonds is 5. The summed E-state index contributed by atoms with van der Waals surface area (Å²) >= 11 is 0. The fourth-order valence-electron chi connectivity index (χ4n) is 4.00. The second-order valence-corrected chi connectivity index (χ2v) is 7.10. The summed E-state index contributed by atoms with van der Waals surface area (Å²) in [5.74, 6) is 0.521. The minimum atomic E-state index is 0.260. The van der Waals surface area contributed by atoms with Gasteiger partial charge in [-0.05, 0) is 29.2 Å². The van der Waals surface area contributed by atoms with Crippen molar-refractivity contribution in [3.05, 3.63) is 143 Å². The molecule has 0 N–H and O–H groups in total. The maximum atomic E-state index is 2.33. The Morgan fingerprint density at radius 2 is 0.778 bits per heavy atom. The van der Waals surface area contributed by atoms with E-state index in [4.69, 9.17) is 0 Å². The van der Waals surface area contributed by atoms with E-state index in [0.29, 0.717) is 0 Å². The van der Waals surface area contributed by atoms with Gasteiger partial charge in [-0.3, -0.25) is 0 Å². The summed E-state index contributed by atoms with van der Waals surface area (Å²) in [5, 5.41) is 0. The van der Waals surface area contributed by atoms with Gasteiger partial charge in [-0.2, -0.15) is 0 Å². The van der Waals surface area contributed by atoms with Crippen LogP contribution in [0.1, 0.15) is 39.7 Å². The molecule has 0 spiro atoms. The summed E-state index contributed by atoms with van der Waals surface area (Å²) < 4.78 is 0. The topological polar surface area (TPSA) is 0 Å². The van der Waals surface area contributed by atoms with Crippen molar-refractivity contribution in [1.82, 2.24) is 0 Å². The Kier molecular flexibility index (Phi) is 5.16. The van der Waals surface area contributed by atoms with Crippen LogP contribution in [0.2, 0.25) is 0 Å². The van der Waals surface area contributed by atoms with Crippen molar-refractivity contribution in [2.75, 3.05) is 0 Å². The van der Waals surface area contributed by atoms with Gasteiger partial charge in [-0.25, -0.2) is 0 Å². The second kappa shape index (κ2) is 8.05. The van der Waals surface area contributed by atoms with Crippen LogP contribution in [0, 0.1) is 6.92 Å². The maximum absolute atomic E-state index is 2.33. The predicted molar refractivity (Wildman–Crippen MR) is 114 cm³/mol. The molecule has 0 heterocycles. The van der Waals surface area contributed by atoms with Crippen LogP contribution in [-0.2, 0) is 0 Å². The normalized spacial score (nSPS) is 12.1. The van der Waals surface area contributed by atoms with Crippen LogP contribution in [0.5, 0.6) is 0 Å². The van der Waals surface area contributed by atoms with E-state index < -0.39 is 0 Å². The first kappa shape index (κ1) is 17.3. The maximum Gasteiger partial charge on any atom is 0.0199 e. The van der Waals surface area contributed by atoms with Crippen molar-refractivity contribution in [3.63, 3.8) is 0 Å². The quantitative estimate of drug-likeness (QED) is 0.366. The Hall–Kier alpha value is -3.12. The number of hydrogen-bond acceptors (Lipinski definition) is 0. The lowest BCUT2D eigenvalue weighted by molar-refractivity contribution is 0.693. The Morgan fingerprint density at radius 1 is 0.407 bits per heavy atom. The molecule has 0 aliphatic heterocycles. The van der Waals surface area contributed by atoms with E-state index >= 15 is 0 Å². The molecule has 4 aromatic carbocycles. The van der Waals surface area contributed by atoms with Gasteiger partial charge in [-0.1, -0.05) is 121 Å². The SMILES string of the molecule is Cc1cccc(C(c2ccccc2)C(c2ccccc2)c2ccccc2)c1. The summed E-state index contributed by atoms with van der Waals surface area (Å²) in [5.41, 5.74) is 6.70. The van der Waals surface area contributed by atoms with Gasteiger partial charge in [0.05, 0.1) is 0 Å². The molecule has 27 heavy (non-hydrogen) atoms. The molecule has 0 amide bonds. The molecule has 1 atom stereocenters. The van der Waals surface area contributed by atoms with E-state index in [2.05, 4.69) is 122 Å². The molecule has 0 aliphatic rings. The largest absolute Gasteiger partial charge is 0.0622 e. The molecule has 0 saturated carbocycles. The first-order valence-electron chi connectivity index (χ1n) is 9.54. The van der Waals surface area contributed by atoms with E-state index in [1.54, 1.807) is 0 Å². The predicted octanol–water partition coefficient (Wildman–Crippen LogP) is 6.96. The van der Waals surface area contributed by atoms with E-state index in [1.165, 1.54) is 27.8 Å². The molecule has 1 unspecified atom stereocenters. The highest BCUT2D eigenvalue weighted by Gasteiger charge is 2.27. The zero-order valence-electron chi connectivity index (χ0n) is 15.6. The molecular weight excluding hydrogens is 324 g/mol. The van der Waals surface area contributed by atoms with Gasteiger partial charge >= 0.3 is 0 Å². The highest BCUT2D eigenvalue weighted by Crippen LogP contribution is 2.42. The average molecular weight is 348 g/mol. The molecule has 0 aliphatic carbocycles. The zero-order valence-corrected chi connectivity index (χ0v) is 15.6. The van der Waals surface area contributed by atoms with Crippen molar-refractivity contribution in [2.24, 2.45) is 0 Å². The summed E-state index contributed by atoms with van der Waals surface area (Å²) in [6, 6.07) is 41.6. The van der Waals surface area contributed by atoms with Gasteiger partial charge < -0.3 is 0 Å². The van der Waals surface area contributed by atoms with Crippen LogP contribution in [0.4, 0.5) is 0 Å². The van der Waals surface area contributed by atoms with Crippen molar-refractivity contribution in [1.29, 1.82) is 0 Å². The van der Waals surface area contributed by atoms with Crippen LogP contribution in [-0.4, -0.2) is 0 Å². The molecule has 4 aromatic rings. The molecule has 0 radical (unpaired) electrons. The lowest BCUT2D eigenvalue weighted by Crippen LogP contribution is -2.14. The fraction of sp³-hybridized carbons (Fsp3) is 0.111. The van der Waals surface area contributed by atoms with E-state index in [1.807, 2.05) is 0 Å². The minimum absolute atomic E-state index is 0.260. The molecule has 4 rings (SSSR count). The van der Waals surface area contributed by atoms with E-state index in [-0.39, 0.29) is 11.8 Å². The first-order chi connectivity index (χ1) is 13.3. The number of aryl methyl sites for hydroxylation is 1. The molecular formula is C27H24. The monoisotopic (exact) mass is 348 g/mol. The fourth-order valence-corrected chi connectivity index (χ4v) is 4.00. The zero-order chi connectivity index (χ0) is 18.5. The summed E-state index contributed by atoms with van der Waals surface area (Å²) in [4.78, 5) is 0. The smallest absolute Gasteiger partial charge is 0.0199 e. The second-order valence-electron chi connectivity index (χ2n) is 7.10. The average Bonchev–Trinajstić information content (AvgIpc) is 2.74. The van der Waals surface area contributed by atoms with Crippen LogP contribution in [0.25, 0.3) is 0 Å². The number of benzene rings is 4. The lowest BCUT2D eigenvalue weighted by atomic mass is 9.73. The summed E-state index contributed by atoms with van der Waals surface area (Å²) in [7, 11) is 0. The van der Waals surface area contributed by atoms with E-state index in [9.17, 15) is 0 Å². The first-order valence-corrected chi connectivity index (χ1v) is 9.54. The minimum Gasteiger partial charge on any atom is -0.0622 e. The molecule has 132 valence electrons. The van der Waals surface area contributed by atoms with Crippen molar-refractivity contribution >= 4 is 0 Å². The van der Waals surface area contributed by atoms with Crippen molar-refractivity contribution in [3.8, 4) is 0 Å². The Morgan fingerprint density at radius 3 is 1.19 bits per heavy atom. The standard InChI is InChI=1S/C27H24/c1-21-12-11-19-25(20-21)27(24-17-9-4-10-18-24)26(22-13-5-2-6-14-22)23-15-7-3-8-16-23/h2-20,26-27H,1H3. The Balaban J connectivity index is 1.94. The summed E-state index contributed by atoms with van der Waals surface area (Å²) in [6.07, 6.45) is 0. The third-order valence-electron chi connectivity index (χ3n) is 5.21. The molecule has 0 heteroatoms. The van der Waals surface area contributed by atoms with Gasteiger partial charge in [-0.15, -0.1) is 0 Å². The highest BCUT2D eigenvalue weighted by atomic mass is 14.3. The van der Waals surface area contributed by atoms with Gasteiger partial charge in [0.1, 0.15) is 0 Å².